The minimum absolute atomic E-state index is 0.425. The van der Waals surface area contributed by atoms with E-state index in [1.165, 1.54) is 24.8 Å². The molecule has 2 aliphatic rings. The van der Waals surface area contributed by atoms with Crippen molar-refractivity contribution in [3.63, 3.8) is 0 Å². The van der Waals surface area contributed by atoms with Gasteiger partial charge < -0.3 is 5.11 Å². The summed E-state index contributed by atoms with van der Waals surface area (Å²) in [6, 6.07) is 10.7. The molecule has 0 amide bonds. The van der Waals surface area contributed by atoms with Crippen LogP contribution in [0.1, 0.15) is 31.7 Å². The smallest absolute Gasteiger partial charge is 0.0700 e. The van der Waals surface area contributed by atoms with Crippen LogP contribution in [0.3, 0.4) is 0 Å². The highest BCUT2D eigenvalue weighted by Crippen LogP contribution is 2.42. The van der Waals surface area contributed by atoms with E-state index in [0.717, 1.165) is 19.6 Å². The number of likely N-dealkylation sites (tertiary alicyclic amines) is 1. The van der Waals surface area contributed by atoms with E-state index < -0.39 is 5.60 Å². The molecule has 98 valence electrons. The molecule has 0 radical (unpaired) electrons. The normalized spacial score (nSPS) is 36.6. The molecule has 0 spiro atoms. The Bertz CT molecular complexity index is 385. The molecule has 18 heavy (non-hydrogen) atoms. The maximum Gasteiger partial charge on any atom is 0.0700 e. The number of hydrogen-bond acceptors (Lipinski definition) is 2. The topological polar surface area (TPSA) is 23.5 Å². The molecule has 2 bridgehead atoms. The molecule has 1 aliphatic carbocycles. The summed E-state index contributed by atoms with van der Waals surface area (Å²) in [4.78, 5) is 2.53. The van der Waals surface area contributed by atoms with E-state index in [-0.39, 0.29) is 0 Å². The molecule has 1 aliphatic heterocycles. The number of nitrogens with zero attached hydrogens (tertiary/aromatic N) is 1. The van der Waals surface area contributed by atoms with Crippen molar-refractivity contribution in [3.05, 3.63) is 35.9 Å². The first-order valence-electron chi connectivity index (χ1n) is 7.15. The quantitative estimate of drug-likeness (QED) is 0.866. The highest BCUT2D eigenvalue weighted by molar-refractivity contribution is 5.15. The Morgan fingerprint density at radius 3 is 2.39 bits per heavy atom. The van der Waals surface area contributed by atoms with Gasteiger partial charge >= 0.3 is 0 Å². The van der Waals surface area contributed by atoms with Crippen LogP contribution in [0.15, 0.2) is 30.3 Å². The molecular weight excluding hydrogens is 222 g/mol. The second kappa shape index (κ2) is 4.67. The lowest BCUT2D eigenvalue weighted by Crippen LogP contribution is -2.58. The lowest BCUT2D eigenvalue weighted by molar-refractivity contribution is -0.128. The summed E-state index contributed by atoms with van der Waals surface area (Å²) in [6.07, 6.45) is 3.67. The Labute approximate surface area is 110 Å². The zero-order valence-electron chi connectivity index (χ0n) is 11.2. The molecule has 1 heterocycles. The highest BCUT2D eigenvalue weighted by atomic mass is 16.3. The van der Waals surface area contributed by atoms with Crippen molar-refractivity contribution in [3.8, 4) is 0 Å². The largest absolute Gasteiger partial charge is 0.390 e. The Kier molecular flexibility index (Phi) is 3.16. The van der Waals surface area contributed by atoms with Crippen LogP contribution in [0.4, 0.5) is 0 Å². The summed E-state index contributed by atoms with van der Waals surface area (Å²) >= 11 is 0. The molecule has 2 fully saturated rings. The number of benzene rings is 1. The molecule has 0 aromatic heterocycles. The summed E-state index contributed by atoms with van der Waals surface area (Å²) in [5.41, 5.74) is 0.961. The number of fused-ring (bicyclic) bond motifs is 2. The van der Waals surface area contributed by atoms with E-state index in [9.17, 15) is 5.11 Å². The Hall–Kier alpha value is -0.860. The van der Waals surface area contributed by atoms with E-state index in [1.807, 2.05) is 0 Å². The predicted molar refractivity (Wildman–Crippen MR) is 73.2 cm³/mol. The van der Waals surface area contributed by atoms with E-state index in [1.54, 1.807) is 0 Å². The van der Waals surface area contributed by atoms with Crippen molar-refractivity contribution in [1.82, 2.24) is 4.90 Å². The molecular formula is C16H23NO. The molecule has 1 saturated carbocycles. The van der Waals surface area contributed by atoms with Crippen LogP contribution in [-0.4, -0.2) is 28.7 Å². The summed E-state index contributed by atoms with van der Waals surface area (Å²) in [5.74, 6) is 0.933. The Balaban J connectivity index is 1.70. The molecule has 3 rings (SSSR count). The van der Waals surface area contributed by atoms with Crippen LogP contribution >= 0.6 is 0 Å². The fourth-order valence-electron chi connectivity index (χ4n) is 3.75. The van der Waals surface area contributed by atoms with E-state index in [0.29, 0.717) is 11.8 Å². The molecule has 2 heteroatoms. The maximum atomic E-state index is 10.6. The first-order valence-corrected chi connectivity index (χ1v) is 7.15. The predicted octanol–water partition coefficient (Wildman–Crippen LogP) is 2.67. The molecule has 1 aromatic rings. The van der Waals surface area contributed by atoms with Crippen molar-refractivity contribution < 1.29 is 5.11 Å². The van der Waals surface area contributed by atoms with Gasteiger partial charge in [-0.25, -0.2) is 0 Å². The zero-order chi connectivity index (χ0) is 12.6. The molecule has 1 aromatic carbocycles. The van der Waals surface area contributed by atoms with Crippen LogP contribution in [0.5, 0.6) is 0 Å². The van der Waals surface area contributed by atoms with Crippen molar-refractivity contribution in [1.29, 1.82) is 0 Å². The first kappa shape index (κ1) is 12.2. The zero-order valence-corrected chi connectivity index (χ0v) is 11.2. The number of hydrogen-bond donors (Lipinski definition) is 1. The fourth-order valence-corrected chi connectivity index (χ4v) is 3.75. The monoisotopic (exact) mass is 245 g/mol. The summed E-state index contributed by atoms with van der Waals surface area (Å²) in [7, 11) is 0. The van der Waals surface area contributed by atoms with Gasteiger partial charge in [0.25, 0.3) is 0 Å². The SMILES string of the molecule is C[C@]1(O)[C@@H]2CCC[C@H]1CN(Cc1ccccc1)C2. The first-order chi connectivity index (χ1) is 8.66. The lowest BCUT2D eigenvalue weighted by Gasteiger charge is -2.51. The third kappa shape index (κ3) is 2.19. The summed E-state index contributed by atoms with van der Waals surface area (Å²) < 4.78 is 0. The van der Waals surface area contributed by atoms with Crippen LogP contribution in [0.25, 0.3) is 0 Å². The van der Waals surface area contributed by atoms with Gasteiger partial charge in [0.1, 0.15) is 0 Å². The van der Waals surface area contributed by atoms with Gasteiger partial charge in [-0.15, -0.1) is 0 Å². The van der Waals surface area contributed by atoms with Gasteiger partial charge in [0.15, 0.2) is 0 Å². The Morgan fingerprint density at radius 2 is 1.78 bits per heavy atom. The van der Waals surface area contributed by atoms with Crippen LogP contribution in [0.2, 0.25) is 0 Å². The van der Waals surface area contributed by atoms with Crippen LogP contribution < -0.4 is 0 Å². The van der Waals surface area contributed by atoms with Gasteiger partial charge in [0, 0.05) is 31.5 Å². The summed E-state index contributed by atoms with van der Waals surface area (Å²) in [6.45, 7) is 5.20. The minimum Gasteiger partial charge on any atom is -0.390 e. The fraction of sp³-hybridized carbons (Fsp3) is 0.625. The van der Waals surface area contributed by atoms with Gasteiger partial charge in [0.05, 0.1) is 5.60 Å². The Morgan fingerprint density at radius 1 is 1.17 bits per heavy atom. The number of rotatable bonds is 2. The van der Waals surface area contributed by atoms with Crippen LogP contribution in [0, 0.1) is 11.8 Å². The van der Waals surface area contributed by atoms with E-state index in [2.05, 4.69) is 42.2 Å². The molecule has 1 saturated heterocycles. The molecule has 2 nitrogen and oxygen atoms in total. The van der Waals surface area contributed by atoms with Gasteiger partial charge in [-0.3, -0.25) is 4.90 Å². The van der Waals surface area contributed by atoms with Crippen molar-refractivity contribution in [2.75, 3.05) is 13.1 Å². The second-order valence-corrected chi connectivity index (χ2v) is 6.23. The number of piperidine rings is 1. The average Bonchev–Trinajstić information content (AvgIpc) is 2.31. The third-order valence-electron chi connectivity index (χ3n) is 4.96. The van der Waals surface area contributed by atoms with E-state index in [4.69, 9.17) is 0 Å². The molecule has 3 atom stereocenters. The van der Waals surface area contributed by atoms with Gasteiger partial charge in [-0.05, 0) is 25.3 Å². The summed E-state index contributed by atoms with van der Waals surface area (Å²) in [5, 5.41) is 10.6. The van der Waals surface area contributed by atoms with Crippen molar-refractivity contribution in [2.45, 2.75) is 38.3 Å². The van der Waals surface area contributed by atoms with Gasteiger partial charge in [0.2, 0.25) is 0 Å². The highest BCUT2D eigenvalue weighted by Gasteiger charge is 2.46. The van der Waals surface area contributed by atoms with E-state index >= 15 is 0 Å². The standard InChI is InChI=1S/C16H23NO/c1-16(18)14-8-5-9-15(16)12-17(11-14)10-13-6-3-2-4-7-13/h2-4,6-7,14-15,18H,5,8-12H2,1H3/t14-,15+,16+. The van der Waals surface area contributed by atoms with Crippen molar-refractivity contribution in [2.24, 2.45) is 11.8 Å². The van der Waals surface area contributed by atoms with Gasteiger partial charge in [-0.2, -0.15) is 0 Å². The molecule has 0 unspecified atom stereocenters. The van der Waals surface area contributed by atoms with Crippen LogP contribution in [-0.2, 0) is 6.54 Å². The maximum absolute atomic E-state index is 10.6. The number of aliphatic hydroxyl groups is 1. The molecule has 1 N–H and O–H groups in total. The third-order valence-corrected chi connectivity index (χ3v) is 4.96. The van der Waals surface area contributed by atoms with Crippen molar-refractivity contribution >= 4 is 0 Å². The minimum atomic E-state index is -0.425. The van der Waals surface area contributed by atoms with Gasteiger partial charge in [-0.1, -0.05) is 36.8 Å². The lowest BCUT2D eigenvalue weighted by atomic mass is 9.66. The average molecular weight is 245 g/mol. The second-order valence-electron chi connectivity index (χ2n) is 6.23.